The third-order valence-electron chi connectivity index (χ3n) is 2.09. The van der Waals surface area contributed by atoms with Crippen LogP contribution in [0, 0.1) is 3.57 Å². The summed E-state index contributed by atoms with van der Waals surface area (Å²) in [6, 6.07) is 6.70. The number of benzene rings is 1. The molecule has 0 saturated heterocycles. The second-order valence-electron chi connectivity index (χ2n) is 3.07. The van der Waals surface area contributed by atoms with Crippen molar-refractivity contribution in [2.24, 2.45) is 0 Å². The van der Waals surface area contributed by atoms with E-state index in [9.17, 15) is 0 Å². The molecule has 0 bridgehead atoms. The summed E-state index contributed by atoms with van der Waals surface area (Å²) >= 11 is 8.04. The first-order valence-corrected chi connectivity index (χ1v) is 6.22. The topological polar surface area (TPSA) is 0 Å². The molecule has 0 aromatic heterocycles. The molecule has 0 heterocycles. The number of halogens is 2. The lowest BCUT2D eigenvalue weighted by Gasteiger charge is -2.04. The van der Waals surface area contributed by atoms with E-state index >= 15 is 0 Å². The molecule has 1 aromatic rings. The van der Waals surface area contributed by atoms with Gasteiger partial charge in [-0.05, 0) is 59.0 Å². The van der Waals surface area contributed by atoms with Crippen molar-refractivity contribution in [3.05, 3.63) is 32.9 Å². The number of hydrogen-bond donors (Lipinski definition) is 0. The van der Waals surface area contributed by atoms with Crippen molar-refractivity contribution in [3.8, 4) is 0 Å². The van der Waals surface area contributed by atoms with E-state index in [2.05, 4.69) is 47.7 Å². The first kappa shape index (κ1) is 11.3. The van der Waals surface area contributed by atoms with Crippen molar-refractivity contribution in [2.45, 2.75) is 26.2 Å². The summed E-state index contributed by atoms with van der Waals surface area (Å²) < 4.78 is 1.37. The van der Waals surface area contributed by atoms with E-state index in [4.69, 9.17) is 11.6 Å². The van der Waals surface area contributed by atoms with Gasteiger partial charge in [0.25, 0.3) is 0 Å². The molecule has 0 aliphatic heterocycles. The van der Waals surface area contributed by atoms with Crippen molar-refractivity contribution in [1.29, 1.82) is 0 Å². The summed E-state index contributed by atoms with van der Waals surface area (Å²) in [4.78, 5) is 0. The summed E-state index contributed by atoms with van der Waals surface area (Å²) in [5.74, 6) is 0.757. The number of aryl methyl sites for hydroxylation is 2. The molecule has 0 spiro atoms. The Balaban J connectivity index is 2.74. The molecule has 0 aliphatic carbocycles. The van der Waals surface area contributed by atoms with Gasteiger partial charge in [-0.25, -0.2) is 0 Å². The standard InChI is InChI=1S/C11H14ClI/c1-2-10-8-9(4-3-7-12)5-6-11(10)13/h5-6,8H,2-4,7H2,1H3. The maximum Gasteiger partial charge on any atom is 0.0226 e. The molecule has 0 unspecified atom stereocenters. The highest BCUT2D eigenvalue weighted by Gasteiger charge is 1.99. The Morgan fingerprint density at radius 2 is 2.15 bits per heavy atom. The first-order valence-electron chi connectivity index (χ1n) is 4.61. The van der Waals surface area contributed by atoms with E-state index in [1.54, 1.807) is 0 Å². The lowest BCUT2D eigenvalue weighted by atomic mass is 10.1. The van der Waals surface area contributed by atoms with Gasteiger partial charge in [0.2, 0.25) is 0 Å². The molecular formula is C11H14ClI. The Bertz CT molecular complexity index is 271. The Kier molecular flexibility index (Phi) is 5.10. The maximum absolute atomic E-state index is 5.65. The van der Waals surface area contributed by atoms with Gasteiger partial charge in [0.05, 0.1) is 0 Å². The predicted molar refractivity (Wildman–Crippen MR) is 67.6 cm³/mol. The Labute approximate surface area is 98.8 Å². The summed E-state index contributed by atoms with van der Waals surface area (Å²) in [5, 5.41) is 0. The van der Waals surface area contributed by atoms with E-state index in [0.717, 1.165) is 25.1 Å². The summed E-state index contributed by atoms with van der Waals surface area (Å²) in [5.41, 5.74) is 2.87. The van der Waals surface area contributed by atoms with Crippen LogP contribution in [0.5, 0.6) is 0 Å². The van der Waals surface area contributed by atoms with Crippen molar-refractivity contribution in [3.63, 3.8) is 0 Å². The van der Waals surface area contributed by atoms with Crippen LogP contribution in [0.25, 0.3) is 0 Å². The fraction of sp³-hybridized carbons (Fsp3) is 0.455. The minimum atomic E-state index is 0.757. The second-order valence-corrected chi connectivity index (χ2v) is 4.61. The molecule has 0 aliphatic rings. The van der Waals surface area contributed by atoms with E-state index in [-0.39, 0.29) is 0 Å². The average Bonchev–Trinajstić information content (AvgIpc) is 2.16. The first-order chi connectivity index (χ1) is 6.27. The van der Waals surface area contributed by atoms with Crippen molar-refractivity contribution < 1.29 is 0 Å². The Hall–Kier alpha value is 0.240. The minimum Gasteiger partial charge on any atom is -0.127 e. The van der Waals surface area contributed by atoms with Crippen LogP contribution in [0.4, 0.5) is 0 Å². The van der Waals surface area contributed by atoms with Gasteiger partial charge in [0, 0.05) is 9.45 Å². The smallest absolute Gasteiger partial charge is 0.0226 e. The second kappa shape index (κ2) is 5.86. The van der Waals surface area contributed by atoms with Gasteiger partial charge >= 0.3 is 0 Å². The third-order valence-corrected chi connectivity index (χ3v) is 3.41. The zero-order chi connectivity index (χ0) is 9.68. The largest absolute Gasteiger partial charge is 0.127 e. The number of rotatable bonds is 4. The minimum absolute atomic E-state index is 0.757. The summed E-state index contributed by atoms with van der Waals surface area (Å²) in [6.45, 7) is 2.20. The molecule has 0 radical (unpaired) electrons. The third kappa shape index (κ3) is 3.47. The van der Waals surface area contributed by atoms with Gasteiger partial charge in [0.1, 0.15) is 0 Å². The SMILES string of the molecule is CCc1cc(CCCCl)ccc1I. The van der Waals surface area contributed by atoms with Crippen LogP contribution < -0.4 is 0 Å². The van der Waals surface area contributed by atoms with Gasteiger partial charge in [-0.3, -0.25) is 0 Å². The Morgan fingerprint density at radius 1 is 1.38 bits per heavy atom. The number of alkyl halides is 1. The van der Waals surface area contributed by atoms with Crippen LogP contribution in [-0.4, -0.2) is 5.88 Å². The number of hydrogen-bond acceptors (Lipinski definition) is 0. The predicted octanol–water partition coefficient (Wildman–Crippen LogP) is 4.03. The van der Waals surface area contributed by atoms with Gasteiger partial charge < -0.3 is 0 Å². The zero-order valence-corrected chi connectivity index (χ0v) is 10.7. The van der Waals surface area contributed by atoms with Crippen LogP contribution >= 0.6 is 34.2 Å². The van der Waals surface area contributed by atoms with Gasteiger partial charge in [-0.2, -0.15) is 0 Å². The molecule has 1 aromatic carbocycles. The molecule has 13 heavy (non-hydrogen) atoms. The molecule has 0 fully saturated rings. The molecule has 72 valence electrons. The molecule has 0 saturated carbocycles. The van der Waals surface area contributed by atoms with Crippen LogP contribution in [0.15, 0.2) is 18.2 Å². The fourth-order valence-electron chi connectivity index (χ4n) is 1.33. The monoisotopic (exact) mass is 308 g/mol. The van der Waals surface area contributed by atoms with Crippen molar-refractivity contribution >= 4 is 34.2 Å². The van der Waals surface area contributed by atoms with E-state index < -0.39 is 0 Å². The molecule has 0 N–H and O–H groups in total. The molecular weight excluding hydrogens is 294 g/mol. The highest BCUT2D eigenvalue weighted by Crippen LogP contribution is 2.16. The van der Waals surface area contributed by atoms with E-state index in [1.165, 1.54) is 14.7 Å². The van der Waals surface area contributed by atoms with Crippen LogP contribution in [0.1, 0.15) is 24.5 Å². The van der Waals surface area contributed by atoms with E-state index in [1.807, 2.05) is 0 Å². The average molecular weight is 309 g/mol. The normalized spacial score (nSPS) is 10.4. The fourth-order valence-corrected chi connectivity index (χ4v) is 2.18. The van der Waals surface area contributed by atoms with Crippen LogP contribution in [-0.2, 0) is 12.8 Å². The van der Waals surface area contributed by atoms with E-state index in [0.29, 0.717) is 0 Å². The summed E-state index contributed by atoms with van der Waals surface area (Å²) in [6.07, 6.45) is 3.30. The molecule has 0 atom stereocenters. The molecule has 1 rings (SSSR count). The maximum atomic E-state index is 5.65. The van der Waals surface area contributed by atoms with Crippen LogP contribution in [0.3, 0.4) is 0 Å². The molecule has 0 nitrogen and oxygen atoms in total. The quantitative estimate of drug-likeness (QED) is 0.582. The lowest BCUT2D eigenvalue weighted by molar-refractivity contribution is 0.923. The lowest BCUT2D eigenvalue weighted by Crippen LogP contribution is -1.91. The highest BCUT2D eigenvalue weighted by molar-refractivity contribution is 14.1. The van der Waals surface area contributed by atoms with Crippen molar-refractivity contribution in [2.75, 3.05) is 5.88 Å². The van der Waals surface area contributed by atoms with Gasteiger partial charge in [-0.1, -0.05) is 19.1 Å². The highest BCUT2D eigenvalue weighted by atomic mass is 127. The molecule has 0 amide bonds. The van der Waals surface area contributed by atoms with Crippen LogP contribution in [0.2, 0.25) is 0 Å². The summed E-state index contributed by atoms with van der Waals surface area (Å²) in [7, 11) is 0. The van der Waals surface area contributed by atoms with Crippen molar-refractivity contribution in [1.82, 2.24) is 0 Å². The zero-order valence-electron chi connectivity index (χ0n) is 7.82. The molecule has 2 heteroatoms. The van der Waals surface area contributed by atoms with Gasteiger partial charge in [-0.15, -0.1) is 11.6 Å². The Morgan fingerprint density at radius 3 is 2.77 bits per heavy atom. The van der Waals surface area contributed by atoms with Gasteiger partial charge in [0.15, 0.2) is 0 Å².